The van der Waals surface area contributed by atoms with Crippen LogP contribution in [0.5, 0.6) is 0 Å². The molecule has 5 nitrogen and oxygen atoms in total. The summed E-state index contributed by atoms with van der Waals surface area (Å²) >= 11 is 0. The number of hydrogen-bond donors (Lipinski definition) is 1. The fourth-order valence-corrected chi connectivity index (χ4v) is 9.89. The molecule has 3 rings (SSSR count). The van der Waals surface area contributed by atoms with Crippen LogP contribution in [0, 0.1) is 5.92 Å². The number of nitrogens with one attached hydrogen (secondary N) is 1. The molecule has 9 heteroatoms. The van der Waals surface area contributed by atoms with Crippen molar-refractivity contribution < 1.29 is 27.1 Å². The van der Waals surface area contributed by atoms with Crippen molar-refractivity contribution in [1.29, 1.82) is 0 Å². The molecule has 2 aromatic carbocycles. The third-order valence-electron chi connectivity index (χ3n) is 6.87. The minimum atomic E-state index is -4.42. The number of rotatable bonds is 8. The molecule has 1 fully saturated rings. The highest BCUT2D eigenvalue weighted by molar-refractivity contribution is 6.99. The van der Waals surface area contributed by atoms with E-state index in [-0.39, 0.29) is 18.1 Å². The second-order valence-electron chi connectivity index (χ2n) is 12.0. The summed E-state index contributed by atoms with van der Waals surface area (Å²) in [6.45, 7) is 12.4. The van der Waals surface area contributed by atoms with Crippen molar-refractivity contribution in [3.8, 4) is 0 Å². The van der Waals surface area contributed by atoms with Crippen molar-refractivity contribution in [1.82, 2.24) is 10.2 Å². The zero-order chi connectivity index (χ0) is 28.2. The Morgan fingerprint density at radius 1 is 0.921 bits per heavy atom. The predicted octanol–water partition coefficient (Wildman–Crippen LogP) is 5.34. The van der Waals surface area contributed by atoms with Crippen LogP contribution in [0.25, 0.3) is 0 Å². The van der Waals surface area contributed by atoms with E-state index in [1.54, 1.807) is 25.7 Å². The molecule has 1 aliphatic heterocycles. The SMILES string of the molecule is CC(C)(C)OC(=O)NC1CN(CCCO[Si](c2ccccc2)(c2ccccc2)C(C)(C)C)CC1C(F)(F)F. The van der Waals surface area contributed by atoms with Gasteiger partial charge in [-0.25, -0.2) is 4.79 Å². The van der Waals surface area contributed by atoms with Gasteiger partial charge in [-0.15, -0.1) is 0 Å². The zero-order valence-electron chi connectivity index (χ0n) is 23.3. The van der Waals surface area contributed by atoms with Gasteiger partial charge in [-0.1, -0.05) is 81.4 Å². The normalized spacial score (nSPS) is 19.4. The number of ether oxygens (including phenoxy) is 1. The Balaban J connectivity index is 1.71. The van der Waals surface area contributed by atoms with Crippen molar-refractivity contribution in [2.75, 3.05) is 26.2 Å². The minimum absolute atomic E-state index is 0.114. The molecule has 2 aromatic rings. The molecular formula is C29H41F3N2O3Si. The maximum absolute atomic E-state index is 13.8. The van der Waals surface area contributed by atoms with Crippen LogP contribution in [0.2, 0.25) is 5.04 Å². The summed E-state index contributed by atoms with van der Waals surface area (Å²) in [5.41, 5.74) is -0.783. The predicted molar refractivity (Wildman–Crippen MR) is 147 cm³/mol. The first kappa shape index (κ1) is 30.2. The molecule has 0 aromatic heterocycles. The average Bonchev–Trinajstić information content (AvgIpc) is 3.21. The van der Waals surface area contributed by atoms with Crippen LogP contribution in [0.3, 0.4) is 0 Å². The van der Waals surface area contributed by atoms with E-state index < -0.39 is 38.1 Å². The third kappa shape index (κ3) is 7.39. The van der Waals surface area contributed by atoms with E-state index in [9.17, 15) is 18.0 Å². The molecule has 38 heavy (non-hydrogen) atoms. The van der Waals surface area contributed by atoms with Gasteiger partial charge in [0.25, 0.3) is 8.32 Å². The molecule has 0 saturated carbocycles. The van der Waals surface area contributed by atoms with Gasteiger partial charge >= 0.3 is 12.3 Å². The fraction of sp³-hybridized carbons (Fsp3) is 0.552. The molecule has 2 atom stereocenters. The van der Waals surface area contributed by atoms with Crippen LogP contribution in [0.4, 0.5) is 18.0 Å². The molecule has 0 aliphatic carbocycles. The summed E-state index contributed by atoms with van der Waals surface area (Å²) in [4.78, 5) is 14.0. The van der Waals surface area contributed by atoms with Gasteiger partial charge < -0.3 is 19.4 Å². The molecule has 0 bridgehead atoms. The Morgan fingerprint density at radius 3 is 1.89 bits per heavy atom. The molecule has 1 N–H and O–H groups in total. The van der Waals surface area contributed by atoms with Gasteiger partial charge in [-0.3, -0.25) is 0 Å². The van der Waals surface area contributed by atoms with Crippen LogP contribution in [0.1, 0.15) is 48.0 Å². The van der Waals surface area contributed by atoms with Gasteiger partial charge in [-0.2, -0.15) is 13.2 Å². The van der Waals surface area contributed by atoms with Crippen LogP contribution >= 0.6 is 0 Å². The summed E-state index contributed by atoms with van der Waals surface area (Å²) in [5, 5.41) is 4.61. The second-order valence-corrected chi connectivity index (χ2v) is 16.3. The summed E-state index contributed by atoms with van der Waals surface area (Å²) in [6.07, 6.45) is -4.66. The fourth-order valence-electron chi connectivity index (χ4n) is 5.28. The monoisotopic (exact) mass is 550 g/mol. The first-order valence-corrected chi connectivity index (χ1v) is 15.1. The highest BCUT2D eigenvalue weighted by atomic mass is 28.4. The van der Waals surface area contributed by atoms with Crippen molar-refractivity contribution in [3.63, 3.8) is 0 Å². The zero-order valence-corrected chi connectivity index (χ0v) is 24.3. The highest BCUT2D eigenvalue weighted by Gasteiger charge is 2.51. The van der Waals surface area contributed by atoms with E-state index in [4.69, 9.17) is 9.16 Å². The number of likely N-dealkylation sites (tertiary alicyclic amines) is 1. The summed E-state index contributed by atoms with van der Waals surface area (Å²) in [5.74, 6) is -1.65. The van der Waals surface area contributed by atoms with Crippen molar-refractivity contribution in [2.24, 2.45) is 5.92 Å². The van der Waals surface area contributed by atoms with Gasteiger partial charge in [0.15, 0.2) is 0 Å². The molecule has 1 aliphatic rings. The smallest absolute Gasteiger partial charge is 0.407 e. The molecule has 2 unspecified atom stereocenters. The van der Waals surface area contributed by atoms with E-state index >= 15 is 0 Å². The Kier molecular flexibility index (Phi) is 9.37. The lowest BCUT2D eigenvalue weighted by Crippen LogP contribution is -2.66. The van der Waals surface area contributed by atoms with Gasteiger partial charge in [0.1, 0.15) is 5.60 Å². The summed E-state index contributed by atoms with van der Waals surface area (Å²) < 4.78 is 53.4. The maximum Gasteiger partial charge on any atom is 0.407 e. The molecule has 1 saturated heterocycles. The first-order valence-electron chi connectivity index (χ1n) is 13.2. The number of hydrogen-bond acceptors (Lipinski definition) is 4. The quantitative estimate of drug-likeness (QED) is 0.356. The van der Waals surface area contributed by atoms with Gasteiger partial charge in [0.2, 0.25) is 0 Å². The second kappa shape index (κ2) is 11.8. The number of carbonyl (C=O) groups excluding carboxylic acids is 1. The number of alkyl halides is 3. The number of halogens is 3. The largest absolute Gasteiger partial charge is 0.444 e. The average molecular weight is 551 g/mol. The molecule has 0 radical (unpaired) electrons. The summed E-state index contributed by atoms with van der Waals surface area (Å²) in [7, 11) is -2.70. The lowest BCUT2D eigenvalue weighted by molar-refractivity contribution is -0.175. The van der Waals surface area contributed by atoms with Gasteiger partial charge in [-0.05, 0) is 42.6 Å². The number of alkyl carbamates (subject to hydrolysis) is 1. The molecule has 0 spiro atoms. The van der Waals surface area contributed by atoms with E-state index in [0.717, 1.165) is 0 Å². The van der Waals surface area contributed by atoms with Gasteiger partial charge in [0.05, 0.1) is 12.0 Å². The van der Waals surface area contributed by atoms with Crippen LogP contribution in [-0.2, 0) is 9.16 Å². The van der Waals surface area contributed by atoms with E-state index in [1.807, 2.05) is 36.4 Å². The Morgan fingerprint density at radius 2 is 1.45 bits per heavy atom. The maximum atomic E-state index is 13.8. The van der Waals surface area contributed by atoms with E-state index in [2.05, 4.69) is 50.4 Å². The molecule has 210 valence electrons. The number of amides is 1. The Hall–Kier alpha value is -2.36. The minimum Gasteiger partial charge on any atom is -0.444 e. The van der Waals surface area contributed by atoms with Crippen LogP contribution in [-0.4, -0.2) is 63.4 Å². The Labute approximate surface area is 225 Å². The molecule has 1 amide bonds. The standard InChI is InChI=1S/C29H41F3N2O3Si/c1-27(2,3)37-26(35)33-25-21-34(20-24(25)29(30,31)32)18-13-19-36-38(28(4,5)6,22-14-9-7-10-15-22)23-16-11-8-12-17-23/h7-12,14-17,24-25H,13,18-21H2,1-6H3,(H,33,35). The molecular weight excluding hydrogens is 509 g/mol. The van der Waals surface area contributed by atoms with Gasteiger partial charge in [0, 0.05) is 26.2 Å². The summed E-state index contributed by atoms with van der Waals surface area (Å²) in [6, 6.07) is 19.5. The lowest BCUT2D eigenvalue weighted by atomic mass is 10.0. The third-order valence-corrected chi connectivity index (χ3v) is 11.9. The van der Waals surface area contributed by atoms with E-state index in [1.165, 1.54) is 10.4 Å². The highest BCUT2D eigenvalue weighted by Crippen LogP contribution is 2.37. The Bertz CT molecular complexity index is 998. The lowest BCUT2D eigenvalue weighted by Gasteiger charge is -2.43. The van der Waals surface area contributed by atoms with E-state index in [0.29, 0.717) is 19.6 Å². The van der Waals surface area contributed by atoms with Crippen LogP contribution < -0.4 is 15.7 Å². The van der Waals surface area contributed by atoms with Crippen molar-refractivity contribution in [3.05, 3.63) is 60.7 Å². The number of carbonyl (C=O) groups is 1. The molecule has 1 heterocycles. The first-order chi connectivity index (χ1) is 17.6. The topological polar surface area (TPSA) is 50.8 Å². The van der Waals surface area contributed by atoms with Crippen molar-refractivity contribution >= 4 is 24.8 Å². The number of benzene rings is 2. The van der Waals surface area contributed by atoms with Crippen molar-refractivity contribution in [2.45, 2.75) is 70.8 Å². The number of nitrogens with zero attached hydrogens (tertiary/aromatic N) is 1. The van der Waals surface area contributed by atoms with Crippen LogP contribution in [0.15, 0.2) is 60.7 Å².